The monoisotopic (exact) mass is 332 g/mol. The quantitative estimate of drug-likeness (QED) is 0.765. The van der Waals surface area contributed by atoms with E-state index in [1.165, 1.54) is 18.2 Å². The van der Waals surface area contributed by atoms with Crippen molar-refractivity contribution >= 4 is 21.6 Å². The normalized spacial score (nSPS) is 11.0. The number of unbranched alkanes of at least 4 members (excludes halogenated alkanes) is 1. The molecule has 0 spiro atoms. The van der Waals surface area contributed by atoms with Crippen LogP contribution in [0.25, 0.3) is 0 Å². The lowest BCUT2D eigenvalue weighted by molar-refractivity contribution is 0.0953. The fourth-order valence-electron chi connectivity index (χ4n) is 2.02. The van der Waals surface area contributed by atoms with Gasteiger partial charge in [0.25, 0.3) is 15.9 Å². The highest BCUT2D eigenvalue weighted by Gasteiger charge is 2.14. The van der Waals surface area contributed by atoms with Crippen LogP contribution in [0.1, 0.15) is 30.1 Å². The molecule has 2 aromatic rings. The molecular formula is C17H20N2O3S. The molecule has 0 bridgehead atoms. The first-order chi connectivity index (χ1) is 11.0. The molecule has 0 aliphatic heterocycles. The fourth-order valence-corrected chi connectivity index (χ4v) is 3.09. The summed E-state index contributed by atoms with van der Waals surface area (Å²) in [6, 6.07) is 14.6. The average molecular weight is 332 g/mol. The number of carbonyl (C=O) groups is 1. The zero-order valence-electron chi connectivity index (χ0n) is 13.0. The predicted molar refractivity (Wildman–Crippen MR) is 90.9 cm³/mol. The van der Waals surface area contributed by atoms with Crippen molar-refractivity contribution in [1.29, 1.82) is 0 Å². The van der Waals surface area contributed by atoms with E-state index in [2.05, 4.69) is 10.0 Å². The summed E-state index contributed by atoms with van der Waals surface area (Å²) < 4.78 is 27.1. The maximum atomic E-state index is 12.3. The SMILES string of the molecule is CCCCNC(=O)c1cccc(NS(=O)(=O)c2ccccc2)c1. The van der Waals surface area contributed by atoms with Crippen LogP contribution in [0, 0.1) is 0 Å². The summed E-state index contributed by atoms with van der Waals surface area (Å²) in [6.07, 6.45) is 1.91. The van der Waals surface area contributed by atoms with E-state index in [1.807, 2.05) is 6.92 Å². The Hall–Kier alpha value is -2.34. The van der Waals surface area contributed by atoms with Gasteiger partial charge in [-0.15, -0.1) is 0 Å². The smallest absolute Gasteiger partial charge is 0.261 e. The summed E-state index contributed by atoms with van der Waals surface area (Å²) in [4.78, 5) is 12.2. The van der Waals surface area contributed by atoms with Gasteiger partial charge in [0.2, 0.25) is 0 Å². The molecule has 5 nitrogen and oxygen atoms in total. The molecular weight excluding hydrogens is 312 g/mol. The molecule has 6 heteroatoms. The summed E-state index contributed by atoms with van der Waals surface area (Å²) in [6.45, 7) is 2.65. The van der Waals surface area contributed by atoms with Gasteiger partial charge in [0, 0.05) is 17.8 Å². The number of rotatable bonds is 7. The zero-order chi connectivity index (χ0) is 16.7. The van der Waals surface area contributed by atoms with Crippen LogP contribution >= 0.6 is 0 Å². The van der Waals surface area contributed by atoms with Gasteiger partial charge in [-0.3, -0.25) is 9.52 Å². The van der Waals surface area contributed by atoms with Gasteiger partial charge in [0.05, 0.1) is 4.90 Å². The second-order valence-corrected chi connectivity index (χ2v) is 6.79. The van der Waals surface area contributed by atoms with E-state index in [1.54, 1.807) is 36.4 Å². The van der Waals surface area contributed by atoms with Gasteiger partial charge in [-0.1, -0.05) is 37.6 Å². The maximum Gasteiger partial charge on any atom is 0.261 e. The van der Waals surface area contributed by atoms with Crippen LogP contribution in [-0.2, 0) is 10.0 Å². The van der Waals surface area contributed by atoms with E-state index in [-0.39, 0.29) is 10.8 Å². The van der Waals surface area contributed by atoms with E-state index >= 15 is 0 Å². The van der Waals surface area contributed by atoms with Crippen LogP contribution in [0.4, 0.5) is 5.69 Å². The molecule has 122 valence electrons. The summed E-state index contributed by atoms with van der Waals surface area (Å²) in [5.74, 6) is -0.209. The maximum absolute atomic E-state index is 12.3. The lowest BCUT2D eigenvalue weighted by Gasteiger charge is -2.10. The van der Waals surface area contributed by atoms with Gasteiger partial charge < -0.3 is 5.32 Å². The number of nitrogens with one attached hydrogen (secondary N) is 2. The molecule has 0 radical (unpaired) electrons. The Labute approximate surface area is 136 Å². The first-order valence-electron chi connectivity index (χ1n) is 7.49. The largest absolute Gasteiger partial charge is 0.352 e. The van der Waals surface area contributed by atoms with Gasteiger partial charge in [-0.2, -0.15) is 0 Å². The third-order valence-electron chi connectivity index (χ3n) is 3.25. The highest BCUT2D eigenvalue weighted by Crippen LogP contribution is 2.17. The third-order valence-corrected chi connectivity index (χ3v) is 4.64. The van der Waals surface area contributed by atoms with Crippen LogP contribution in [0.2, 0.25) is 0 Å². The Morgan fingerprint density at radius 1 is 1.04 bits per heavy atom. The molecule has 0 atom stereocenters. The van der Waals surface area contributed by atoms with Crippen molar-refractivity contribution in [2.45, 2.75) is 24.7 Å². The first kappa shape index (κ1) is 17.0. The molecule has 0 fully saturated rings. The van der Waals surface area contributed by atoms with Crippen LogP contribution in [0.5, 0.6) is 0 Å². The molecule has 0 saturated carbocycles. The molecule has 0 aliphatic rings. The van der Waals surface area contributed by atoms with Crippen molar-refractivity contribution in [3.05, 3.63) is 60.2 Å². The predicted octanol–water partition coefficient (Wildman–Crippen LogP) is 3.02. The van der Waals surface area contributed by atoms with Crippen molar-refractivity contribution in [3.63, 3.8) is 0 Å². The van der Waals surface area contributed by atoms with Crippen LogP contribution in [0.3, 0.4) is 0 Å². The second kappa shape index (κ2) is 7.78. The first-order valence-corrected chi connectivity index (χ1v) is 8.97. The fraction of sp³-hybridized carbons (Fsp3) is 0.235. The Morgan fingerprint density at radius 2 is 1.78 bits per heavy atom. The zero-order valence-corrected chi connectivity index (χ0v) is 13.8. The summed E-state index contributed by atoms with van der Waals surface area (Å²) in [7, 11) is -3.66. The molecule has 0 unspecified atom stereocenters. The summed E-state index contributed by atoms with van der Waals surface area (Å²) in [5, 5.41) is 2.81. The summed E-state index contributed by atoms with van der Waals surface area (Å²) in [5.41, 5.74) is 0.784. The molecule has 0 aromatic heterocycles. The average Bonchev–Trinajstić information content (AvgIpc) is 2.55. The van der Waals surface area contributed by atoms with Crippen molar-refractivity contribution in [1.82, 2.24) is 5.32 Å². The molecule has 23 heavy (non-hydrogen) atoms. The van der Waals surface area contributed by atoms with Crippen LogP contribution < -0.4 is 10.0 Å². The van der Waals surface area contributed by atoms with E-state index in [0.29, 0.717) is 17.8 Å². The van der Waals surface area contributed by atoms with E-state index < -0.39 is 10.0 Å². The van der Waals surface area contributed by atoms with Gasteiger partial charge in [-0.05, 0) is 36.8 Å². The van der Waals surface area contributed by atoms with E-state index in [9.17, 15) is 13.2 Å². The van der Waals surface area contributed by atoms with Crippen molar-refractivity contribution in [3.8, 4) is 0 Å². The molecule has 2 N–H and O–H groups in total. The Kier molecular flexibility index (Phi) is 5.76. The number of carbonyl (C=O) groups excluding carboxylic acids is 1. The molecule has 2 aromatic carbocycles. The molecule has 2 rings (SSSR count). The van der Waals surface area contributed by atoms with Gasteiger partial charge in [-0.25, -0.2) is 8.42 Å². The molecule has 0 heterocycles. The number of sulfonamides is 1. The standard InChI is InChI=1S/C17H20N2O3S/c1-2-3-12-18-17(20)14-8-7-9-15(13-14)19-23(21,22)16-10-5-4-6-11-16/h4-11,13,19H,2-3,12H2,1H3,(H,18,20). The number of anilines is 1. The van der Waals surface area contributed by atoms with Crippen molar-refractivity contribution in [2.24, 2.45) is 0 Å². The number of benzene rings is 2. The van der Waals surface area contributed by atoms with Gasteiger partial charge >= 0.3 is 0 Å². The van der Waals surface area contributed by atoms with Crippen molar-refractivity contribution < 1.29 is 13.2 Å². The summed E-state index contributed by atoms with van der Waals surface area (Å²) >= 11 is 0. The highest BCUT2D eigenvalue weighted by molar-refractivity contribution is 7.92. The lowest BCUT2D eigenvalue weighted by atomic mass is 10.2. The Morgan fingerprint density at radius 3 is 2.48 bits per heavy atom. The highest BCUT2D eigenvalue weighted by atomic mass is 32.2. The van der Waals surface area contributed by atoms with Crippen LogP contribution in [0.15, 0.2) is 59.5 Å². The number of hydrogen-bond donors (Lipinski definition) is 2. The van der Waals surface area contributed by atoms with Gasteiger partial charge in [0.15, 0.2) is 0 Å². The molecule has 0 aliphatic carbocycles. The Bertz CT molecular complexity index is 758. The molecule has 0 saturated heterocycles. The van der Waals surface area contributed by atoms with Crippen molar-refractivity contribution in [2.75, 3.05) is 11.3 Å². The number of amides is 1. The topological polar surface area (TPSA) is 75.3 Å². The third kappa shape index (κ3) is 4.82. The van der Waals surface area contributed by atoms with E-state index in [4.69, 9.17) is 0 Å². The van der Waals surface area contributed by atoms with Crippen LogP contribution in [-0.4, -0.2) is 20.9 Å². The van der Waals surface area contributed by atoms with Gasteiger partial charge in [0.1, 0.15) is 0 Å². The lowest BCUT2D eigenvalue weighted by Crippen LogP contribution is -2.24. The minimum absolute atomic E-state index is 0.179. The molecule has 1 amide bonds. The minimum atomic E-state index is -3.66. The minimum Gasteiger partial charge on any atom is -0.352 e. The number of hydrogen-bond acceptors (Lipinski definition) is 3. The van der Waals surface area contributed by atoms with E-state index in [0.717, 1.165) is 12.8 Å². The Balaban J connectivity index is 2.12. The second-order valence-electron chi connectivity index (χ2n) is 5.11.